The molecule has 714 valence electrons. The van der Waals surface area contributed by atoms with Crippen LogP contribution >= 0.6 is 45.3 Å². The highest BCUT2D eigenvalue weighted by Gasteiger charge is 2.35. The van der Waals surface area contributed by atoms with E-state index in [1.807, 2.05) is 30.3 Å². The molecule has 1 aliphatic heterocycles. The third-order valence-corrected chi connectivity index (χ3v) is 25.9. The Hall–Kier alpha value is -14.4. The van der Waals surface area contributed by atoms with Crippen LogP contribution in [0.1, 0.15) is 117 Å². The molecule has 0 aliphatic carbocycles. The summed E-state index contributed by atoms with van der Waals surface area (Å²) in [5.74, 6) is 1.36. The zero-order chi connectivity index (χ0) is 97.8. The second kappa shape index (κ2) is 45.1. The number of nitrogens with one attached hydrogen (secondary N) is 8. The summed E-state index contributed by atoms with van der Waals surface area (Å²) in [5.41, 5.74) is 5.96. The van der Waals surface area contributed by atoms with E-state index in [0.29, 0.717) is 150 Å². The molecule has 0 radical (unpaired) electrons. The molecule has 136 heavy (non-hydrogen) atoms. The molecule has 14 aromatic rings. The number of halogens is 3. The number of rotatable bonds is 32. The molecule has 54 heteroatoms. The van der Waals surface area contributed by atoms with Crippen molar-refractivity contribution >= 4 is 167 Å². The lowest BCUT2D eigenvalue weighted by Crippen LogP contribution is -2.36. The van der Waals surface area contributed by atoms with E-state index >= 15 is 0 Å². The summed E-state index contributed by atoms with van der Waals surface area (Å²) in [5, 5.41) is 56.5. The van der Waals surface area contributed by atoms with Crippen LogP contribution in [0.25, 0.3) is 34.1 Å². The molecule has 44 nitrogen and oxygen atoms in total. The fourth-order valence-electron chi connectivity index (χ4n) is 12.1. The largest absolute Gasteiger partial charge is 0.481 e. The lowest BCUT2D eigenvalue weighted by atomic mass is 10.1. The van der Waals surface area contributed by atoms with E-state index in [-0.39, 0.29) is 74.2 Å². The number of methoxy groups -OCH3 is 2. The number of alkyl halides is 3. The number of carbonyl (C=O) groups excluding carboxylic acids is 4. The molecule has 11 heterocycles. The first kappa shape index (κ1) is 101. The van der Waals surface area contributed by atoms with Crippen molar-refractivity contribution < 1.29 is 90.8 Å². The van der Waals surface area contributed by atoms with Crippen molar-refractivity contribution in [3.05, 3.63) is 199 Å². The highest BCUT2D eigenvalue weighted by Crippen LogP contribution is 2.36. The summed E-state index contributed by atoms with van der Waals surface area (Å²) < 4.78 is 139. The Kier molecular flexibility index (Phi) is 33.3. The van der Waals surface area contributed by atoms with Gasteiger partial charge in [0.25, 0.3) is 0 Å². The Labute approximate surface area is 790 Å². The highest BCUT2D eigenvalue weighted by atomic mass is 32.2. The molecule has 10 aromatic heterocycles. The minimum atomic E-state index is -4.75. The number of nitrogens with two attached hydrogens (primary N) is 2. The number of primary sulfonamides is 2. The minimum Gasteiger partial charge on any atom is -0.481 e. The monoisotopic (exact) mass is 2000 g/mol. The third kappa shape index (κ3) is 27.9. The number of piperidine rings is 1. The maximum atomic E-state index is 13.4. The van der Waals surface area contributed by atoms with Crippen LogP contribution in [0, 0.1) is 27.7 Å². The van der Waals surface area contributed by atoms with Gasteiger partial charge in [0.1, 0.15) is 48.5 Å². The maximum absolute atomic E-state index is 13.4. The molecule has 15 rings (SSSR count). The van der Waals surface area contributed by atoms with Gasteiger partial charge in [-0.3, -0.25) is 21.3 Å². The molecular weight excluding hydrogens is 1920 g/mol. The van der Waals surface area contributed by atoms with Crippen molar-refractivity contribution in [2.45, 2.75) is 108 Å². The number of H-pyrrole nitrogens is 1. The van der Waals surface area contributed by atoms with Crippen LogP contribution in [0.5, 0.6) is 5.88 Å². The first-order valence-corrected chi connectivity index (χ1v) is 48.7. The number of aromatic amines is 1. The van der Waals surface area contributed by atoms with Gasteiger partial charge in [0.2, 0.25) is 55.5 Å². The average molecular weight is 2000 g/mol. The summed E-state index contributed by atoms with van der Waals surface area (Å²) in [6.07, 6.45) is 0.314. The average Bonchev–Trinajstić information content (AvgIpc) is 1.35. The molecule has 0 saturated carbocycles. The predicted octanol–water partition coefficient (Wildman–Crippen LogP) is 12.3. The number of anilines is 12. The van der Waals surface area contributed by atoms with Crippen LogP contribution in [0.15, 0.2) is 153 Å². The SMILES string of the molecule is CCOC(=O)c1sc(Nc2nc(-c3ccc(-c4nn[nH]n4)cc3)cc(N3CCC(O)CC3)n2)nc1C.CCOC(=O)c1sc(Nc2nc(NCc3ccc(S(C)(=O)=O)cc3)cc(-c3cnco3)n2)nc1C.CCOC(=O)c1sc(Nc2nc(NCc3ccc(S(N)(=O)=O)cc3)cc(C(F)(F)F)n2)nc1C.COC(=O)c1sc(Nc2nc(NCc3ccc(S(N)(=O)=O)cc3)cc(OC)n2)nc1C. The molecule has 1 aliphatic rings. The number of aryl methyl sites for hydroxylation is 4. The molecule has 4 aromatic carbocycles. The number of sulfone groups is 1. The van der Waals surface area contributed by atoms with Gasteiger partial charge in [0.05, 0.1) is 89.5 Å². The van der Waals surface area contributed by atoms with Gasteiger partial charge in [0, 0.05) is 74.4 Å². The van der Waals surface area contributed by atoms with Crippen molar-refractivity contribution in [3.63, 3.8) is 0 Å². The lowest BCUT2D eigenvalue weighted by Gasteiger charge is -2.30. The van der Waals surface area contributed by atoms with Gasteiger partial charge in [-0.05, 0) is 120 Å². The highest BCUT2D eigenvalue weighted by molar-refractivity contribution is 7.90. The first-order chi connectivity index (χ1) is 64.8. The summed E-state index contributed by atoms with van der Waals surface area (Å²) in [6.45, 7) is 14.8. The van der Waals surface area contributed by atoms with Gasteiger partial charge in [-0.2, -0.15) is 43.3 Å². The van der Waals surface area contributed by atoms with Gasteiger partial charge < -0.3 is 54.1 Å². The number of oxazole rings is 1. The third-order valence-electron chi connectivity index (χ3n) is 18.7. The standard InChI is InChI=1S/C23H25N9O3S.C22H22N6O5S2.C19H19F3N6O4S2.C18H20N6O5S2/c1-3-35-21(34)19-13(2)24-23(36-19)27-22-25-17(12-18(26-22)32-10-8-16(33)9-11-32)14-4-6-15(7-5-14)20-28-30-31-29-20;1-4-32-20(29)19-13(2)25-22(34-19)28-21-26-16(17-11-23-12-33-17)9-18(27-21)24-10-14-5-7-15(8-6-14)35(3,30)31;1-3-32-16(29)15-10(2)25-18(33-15)28-17-26-13(19(20,21)22)8-14(27-17)24-9-11-4-6-12(7-5-11)34(23,30)31;1-10-15(16(25)29-3)30-18(21-10)24-17-22-13(8-14(23-17)28-2)20-9-11-4-6-12(7-5-11)31(19,26)27/h4-7,12,16,33H,3,8-11H2,1-2H3,(H,24,25,26,27)(H,28,29,30,31);5-9,11-12H,4,10H2,1-3H3,(H2,24,25,26,27,28);4-8H,3,9H2,1-2H3,(H2,23,30,31)(H2,24,25,26,27,28);4-8H,9H2,1-3H3,(H2,19,26,27)(H2,20,21,22,23,24). The fraction of sp³-hybridized carbons (Fsp3) is 0.268. The first-order valence-electron chi connectivity index (χ1n) is 40.4. The predicted molar refractivity (Wildman–Crippen MR) is 498 cm³/mol. The molecule has 1 fully saturated rings. The number of aliphatic hydroxyl groups is 1. The van der Waals surface area contributed by atoms with Crippen LogP contribution in [-0.2, 0) is 74.6 Å². The zero-order valence-corrected chi connectivity index (χ0v) is 79.3. The molecule has 0 spiro atoms. The molecule has 1 saturated heterocycles. The number of aliphatic hydroxyl groups excluding tert-OH is 1. The quantitative estimate of drug-likeness (QED) is 0.0138. The van der Waals surface area contributed by atoms with Gasteiger partial charge in [0.15, 0.2) is 48.2 Å². The van der Waals surface area contributed by atoms with E-state index in [1.54, 1.807) is 97.0 Å². The van der Waals surface area contributed by atoms with E-state index in [2.05, 4.69) is 118 Å². The molecule has 13 N–H and O–H groups in total. The second-order valence-electron chi connectivity index (χ2n) is 28.6. The van der Waals surface area contributed by atoms with E-state index in [1.165, 1.54) is 80.8 Å². The molecule has 0 bridgehead atoms. The number of carbonyl (C=O) groups is 4. The van der Waals surface area contributed by atoms with Gasteiger partial charge in [-0.25, -0.2) is 94.6 Å². The number of benzene rings is 4. The van der Waals surface area contributed by atoms with Crippen LogP contribution in [-0.4, -0.2) is 199 Å². The smallest absolute Gasteiger partial charge is 0.433 e. The minimum absolute atomic E-state index is 0.0384. The molecule has 0 atom stereocenters. The number of hydrogen-bond donors (Lipinski definition) is 11. The van der Waals surface area contributed by atoms with Crippen molar-refractivity contribution in [1.82, 2.24) is 85.4 Å². The Morgan fingerprint density at radius 2 is 0.919 bits per heavy atom. The van der Waals surface area contributed by atoms with Crippen molar-refractivity contribution in [2.24, 2.45) is 10.3 Å². The number of sulfonamides is 2. The summed E-state index contributed by atoms with van der Waals surface area (Å²) in [7, 11) is -8.08. The normalized spacial score (nSPS) is 12.1. The fourth-order valence-corrected chi connectivity index (χ4v) is 17.2. The molecule has 0 unspecified atom stereocenters. The van der Waals surface area contributed by atoms with E-state index in [9.17, 15) is 62.7 Å². The van der Waals surface area contributed by atoms with Crippen LogP contribution in [0.2, 0.25) is 0 Å². The number of tetrazole rings is 1. The number of aromatic nitrogens is 17. The number of ether oxygens (including phenoxy) is 5. The van der Waals surface area contributed by atoms with E-state index < -0.39 is 65.6 Å². The van der Waals surface area contributed by atoms with E-state index in [0.717, 1.165) is 68.1 Å². The summed E-state index contributed by atoms with van der Waals surface area (Å²) in [6, 6.07) is 31.9. The summed E-state index contributed by atoms with van der Waals surface area (Å²) in [4.78, 5) is 108. The van der Waals surface area contributed by atoms with Gasteiger partial charge in [-0.15, -0.1) is 10.2 Å². The number of thiazole rings is 4. The Morgan fingerprint density at radius 1 is 0.515 bits per heavy atom. The number of nitrogens with zero attached hydrogens (tertiary/aromatic N) is 17. The molecular formula is C82H86F3N27O17S7. The number of hydrogen-bond acceptors (Lipinski definition) is 45. The van der Waals surface area contributed by atoms with Crippen molar-refractivity contribution in [1.29, 1.82) is 0 Å². The maximum Gasteiger partial charge on any atom is 0.433 e. The molecule has 0 amide bonds. The van der Waals surface area contributed by atoms with Crippen molar-refractivity contribution in [2.75, 3.05) is 95.5 Å². The van der Waals surface area contributed by atoms with Crippen molar-refractivity contribution in [3.8, 4) is 40.0 Å². The van der Waals surface area contributed by atoms with E-state index in [4.69, 9.17) is 48.3 Å². The van der Waals surface area contributed by atoms with Gasteiger partial charge >= 0.3 is 30.1 Å². The summed E-state index contributed by atoms with van der Waals surface area (Å²) >= 11 is 4.36. The zero-order valence-electron chi connectivity index (χ0n) is 73.6. The number of esters is 4. The Bertz CT molecular complexity index is 6900. The van der Waals surface area contributed by atoms with Crippen LogP contribution in [0.3, 0.4) is 0 Å². The Balaban J connectivity index is 0.000000163. The topological polar surface area (TPSA) is 612 Å². The van der Waals surface area contributed by atoms with Crippen LogP contribution in [0.4, 0.5) is 80.8 Å². The lowest BCUT2D eigenvalue weighted by molar-refractivity contribution is -0.141. The van der Waals surface area contributed by atoms with Gasteiger partial charge in [-0.1, -0.05) is 106 Å². The second-order valence-corrected chi connectivity index (χ2v) is 37.7. The van der Waals surface area contributed by atoms with Crippen LogP contribution < -0.4 is 57.1 Å². The Morgan fingerprint density at radius 3 is 1.32 bits per heavy atom.